The van der Waals surface area contributed by atoms with Crippen LogP contribution in [-0.2, 0) is 4.74 Å². The third-order valence-corrected chi connectivity index (χ3v) is 1.88. The minimum atomic E-state index is -4.64. The Balaban J connectivity index is 2.35. The lowest BCUT2D eigenvalue weighted by Crippen LogP contribution is -2.18. The van der Waals surface area contributed by atoms with Gasteiger partial charge in [0.25, 0.3) is 0 Å². The first kappa shape index (κ1) is 13.5. The zero-order chi connectivity index (χ0) is 12.9. The van der Waals surface area contributed by atoms with Crippen LogP contribution in [0.2, 0.25) is 0 Å². The van der Waals surface area contributed by atoms with E-state index in [4.69, 9.17) is 4.74 Å². The van der Waals surface area contributed by atoms with E-state index in [9.17, 15) is 18.0 Å². The SMILES string of the molecule is CC(=O)c1ccc(OCCOC(F)(F)F)cc1. The molecule has 0 saturated carbocycles. The summed E-state index contributed by atoms with van der Waals surface area (Å²) >= 11 is 0. The number of ether oxygens (including phenoxy) is 2. The highest BCUT2D eigenvalue weighted by molar-refractivity contribution is 5.94. The molecule has 0 saturated heterocycles. The molecule has 0 unspecified atom stereocenters. The van der Waals surface area contributed by atoms with Crippen LogP contribution in [0.4, 0.5) is 13.2 Å². The lowest BCUT2D eigenvalue weighted by Gasteiger charge is -2.09. The first-order valence-corrected chi connectivity index (χ1v) is 4.83. The molecular weight excluding hydrogens is 237 g/mol. The zero-order valence-electron chi connectivity index (χ0n) is 9.08. The molecule has 0 aliphatic rings. The molecule has 1 rings (SSSR count). The molecule has 3 nitrogen and oxygen atoms in total. The van der Waals surface area contributed by atoms with Crippen molar-refractivity contribution in [3.63, 3.8) is 0 Å². The Bertz CT molecular complexity index is 371. The number of carbonyl (C=O) groups excluding carboxylic acids is 1. The Labute approximate surface area is 96.1 Å². The molecule has 0 amide bonds. The molecule has 1 aromatic carbocycles. The molecule has 1 aromatic rings. The highest BCUT2D eigenvalue weighted by atomic mass is 19.4. The van der Waals surface area contributed by atoms with Crippen molar-refractivity contribution in [3.8, 4) is 5.75 Å². The van der Waals surface area contributed by atoms with Gasteiger partial charge in [0.15, 0.2) is 5.78 Å². The Hall–Kier alpha value is -1.56. The number of Topliss-reactive ketones (excluding diaryl/α,β-unsaturated/α-hetero) is 1. The largest absolute Gasteiger partial charge is 0.522 e. The van der Waals surface area contributed by atoms with Crippen molar-refractivity contribution in [2.45, 2.75) is 13.3 Å². The van der Waals surface area contributed by atoms with Crippen LogP contribution in [0.15, 0.2) is 24.3 Å². The maximum Gasteiger partial charge on any atom is 0.522 e. The summed E-state index contributed by atoms with van der Waals surface area (Å²) in [7, 11) is 0. The molecule has 0 aromatic heterocycles. The molecule has 0 aliphatic heterocycles. The van der Waals surface area contributed by atoms with E-state index in [0.29, 0.717) is 11.3 Å². The van der Waals surface area contributed by atoms with Crippen LogP contribution in [0.1, 0.15) is 17.3 Å². The van der Waals surface area contributed by atoms with Crippen molar-refractivity contribution in [2.75, 3.05) is 13.2 Å². The predicted octanol–water partition coefficient (Wildman–Crippen LogP) is 2.80. The Kier molecular flexibility index (Phi) is 4.51. The fraction of sp³-hybridized carbons (Fsp3) is 0.364. The summed E-state index contributed by atoms with van der Waals surface area (Å²) in [5.74, 6) is 0.303. The quantitative estimate of drug-likeness (QED) is 0.593. The first-order valence-electron chi connectivity index (χ1n) is 4.83. The summed E-state index contributed by atoms with van der Waals surface area (Å²) in [6.07, 6.45) is -4.64. The molecule has 0 N–H and O–H groups in total. The van der Waals surface area contributed by atoms with E-state index >= 15 is 0 Å². The Morgan fingerprint density at radius 3 is 2.24 bits per heavy atom. The minimum absolute atomic E-state index is 0.0862. The first-order chi connectivity index (χ1) is 7.88. The number of rotatable bonds is 5. The van der Waals surface area contributed by atoms with Gasteiger partial charge < -0.3 is 4.74 Å². The van der Waals surface area contributed by atoms with E-state index in [0.717, 1.165) is 0 Å². The fourth-order valence-electron chi connectivity index (χ4n) is 1.10. The van der Waals surface area contributed by atoms with E-state index in [1.165, 1.54) is 19.1 Å². The van der Waals surface area contributed by atoms with E-state index in [2.05, 4.69) is 4.74 Å². The van der Waals surface area contributed by atoms with Crippen LogP contribution in [-0.4, -0.2) is 25.4 Å². The van der Waals surface area contributed by atoms with Gasteiger partial charge in [-0.1, -0.05) is 0 Å². The standard InChI is InChI=1S/C11H11F3O3/c1-8(15)9-2-4-10(5-3-9)16-6-7-17-11(12,13)14/h2-5H,6-7H2,1H3. The number of benzene rings is 1. The van der Waals surface area contributed by atoms with Gasteiger partial charge in [-0.2, -0.15) is 0 Å². The van der Waals surface area contributed by atoms with Crippen LogP contribution in [0.3, 0.4) is 0 Å². The van der Waals surface area contributed by atoms with E-state index in [1.54, 1.807) is 12.1 Å². The molecule has 0 heterocycles. The number of hydrogen-bond acceptors (Lipinski definition) is 3. The lowest BCUT2D eigenvalue weighted by molar-refractivity contribution is -0.325. The molecule has 94 valence electrons. The van der Waals surface area contributed by atoms with Crippen molar-refractivity contribution >= 4 is 5.78 Å². The highest BCUT2D eigenvalue weighted by Gasteiger charge is 2.28. The molecule has 0 fully saturated rings. The third kappa shape index (κ3) is 5.35. The van der Waals surface area contributed by atoms with Crippen molar-refractivity contribution in [2.24, 2.45) is 0 Å². The normalized spacial score (nSPS) is 11.3. The number of alkyl halides is 3. The number of ketones is 1. The van der Waals surface area contributed by atoms with Gasteiger partial charge in [-0.15, -0.1) is 13.2 Å². The van der Waals surface area contributed by atoms with Gasteiger partial charge in [0, 0.05) is 5.56 Å². The van der Waals surface area contributed by atoms with Gasteiger partial charge in [-0.3, -0.25) is 9.53 Å². The molecule has 6 heteroatoms. The van der Waals surface area contributed by atoms with Gasteiger partial charge in [-0.05, 0) is 31.2 Å². The number of halogens is 3. The topological polar surface area (TPSA) is 35.5 Å². The smallest absolute Gasteiger partial charge is 0.491 e. The second kappa shape index (κ2) is 5.67. The highest BCUT2D eigenvalue weighted by Crippen LogP contribution is 2.16. The molecule has 0 aliphatic carbocycles. The van der Waals surface area contributed by atoms with Crippen LogP contribution >= 0.6 is 0 Å². The summed E-state index contributed by atoms with van der Waals surface area (Å²) < 4.78 is 43.4. The Morgan fingerprint density at radius 2 is 1.76 bits per heavy atom. The van der Waals surface area contributed by atoms with Crippen LogP contribution in [0, 0.1) is 0 Å². The van der Waals surface area contributed by atoms with E-state index < -0.39 is 13.0 Å². The fourth-order valence-corrected chi connectivity index (χ4v) is 1.10. The average molecular weight is 248 g/mol. The van der Waals surface area contributed by atoms with Crippen molar-refractivity contribution in [3.05, 3.63) is 29.8 Å². The average Bonchev–Trinajstić information content (AvgIpc) is 2.24. The maximum atomic E-state index is 11.6. The molecule has 0 radical (unpaired) electrons. The number of hydrogen-bond donors (Lipinski definition) is 0. The van der Waals surface area contributed by atoms with Gasteiger partial charge >= 0.3 is 6.36 Å². The van der Waals surface area contributed by atoms with Crippen LogP contribution in [0.5, 0.6) is 5.75 Å². The summed E-state index contributed by atoms with van der Waals surface area (Å²) in [4.78, 5) is 10.9. The summed E-state index contributed by atoms with van der Waals surface area (Å²) in [6, 6.07) is 6.12. The molecule has 17 heavy (non-hydrogen) atoms. The van der Waals surface area contributed by atoms with Crippen molar-refractivity contribution in [1.82, 2.24) is 0 Å². The molecular formula is C11H11F3O3. The van der Waals surface area contributed by atoms with Gasteiger partial charge in [-0.25, -0.2) is 0 Å². The van der Waals surface area contributed by atoms with E-state index in [1.807, 2.05) is 0 Å². The predicted molar refractivity (Wildman–Crippen MR) is 53.9 cm³/mol. The third-order valence-electron chi connectivity index (χ3n) is 1.88. The van der Waals surface area contributed by atoms with Crippen LogP contribution < -0.4 is 4.74 Å². The van der Waals surface area contributed by atoms with E-state index in [-0.39, 0.29) is 12.4 Å². The summed E-state index contributed by atoms with van der Waals surface area (Å²) in [5.41, 5.74) is 0.517. The summed E-state index contributed by atoms with van der Waals surface area (Å²) in [5, 5.41) is 0. The Morgan fingerprint density at radius 1 is 1.18 bits per heavy atom. The van der Waals surface area contributed by atoms with Gasteiger partial charge in [0.1, 0.15) is 12.4 Å². The van der Waals surface area contributed by atoms with Crippen molar-refractivity contribution in [1.29, 1.82) is 0 Å². The maximum absolute atomic E-state index is 11.6. The van der Waals surface area contributed by atoms with Crippen LogP contribution in [0.25, 0.3) is 0 Å². The second-order valence-electron chi connectivity index (χ2n) is 3.22. The van der Waals surface area contributed by atoms with Crippen molar-refractivity contribution < 1.29 is 27.4 Å². The van der Waals surface area contributed by atoms with Gasteiger partial charge in [0.2, 0.25) is 0 Å². The molecule has 0 spiro atoms. The minimum Gasteiger partial charge on any atom is -0.491 e. The molecule has 0 atom stereocenters. The number of carbonyl (C=O) groups is 1. The van der Waals surface area contributed by atoms with Gasteiger partial charge in [0.05, 0.1) is 6.61 Å². The molecule has 0 bridgehead atoms. The summed E-state index contributed by atoms with van der Waals surface area (Å²) in [6.45, 7) is 0.643. The second-order valence-corrected chi connectivity index (χ2v) is 3.22. The zero-order valence-corrected chi connectivity index (χ0v) is 9.08. The monoisotopic (exact) mass is 248 g/mol. The lowest BCUT2D eigenvalue weighted by atomic mass is 10.1.